The van der Waals surface area contributed by atoms with Crippen molar-refractivity contribution in [1.29, 1.82) is 0 Å². The Morgan fingerprint density at radius 2 is 1.92 bits per heavy atom. The first-order chi connectivity index (χ1) is 12.1. The number of carbonyl (C=O) groups is 2. The number of carbonyl (C=O) groups excluding carboxylic acids is 2. The average molecular weight is 360 g/mol. The van der Waals surface area contributed by atoms with Crippen molar-refractivity contribution in [3.8, 4) is 0 Å². The van der Waals surface area contributed by atoms with Crippen molar-refractivity contribution < 1.29 is 23.8 Å². The van der Waals surface area contributed by atoms with Crippen LogP contribution in [0.25, 0.3) is 0 Å². The monoisotopic (exact) mass is 360 g/mol. The van der Waals surface area contributed by atoms with Crippen LogP contribution >= 0.6 is 0 Å². The van der Waals surface area contributed by atoms with Gasteiger partial charge in [0.1, 0.15) is 6.04 Å². The maximum absolute atomic E-state index is 12.4. The third-order valence-electron chi connectivity index (χ3n) is 4.31. The van der Waals surface area contributed by atoms with Crippen LogP contribution in [0.2, 0.25) is 0 Å². The fourth-order valence-electron chi connectivity index (χ4n) is 2.97. The van der Waals surface area contributed by atoms with Crippen molar-refractivity contribution >= 4 is 11.8 Å². The van der Waals surface area contributed by atoms with Crippen molar-refractivity contribution in [2.24, 2.45) is 0 Å². The highest BCUT2D eigenvalue weighted by Gasteiger charge is 2.33. The molecule has 1 heterocycles. The normalized spacial score (nSPS) is 17.3. The molecule has 1 saturated heterocycles. The van der Waals surface area contributed by atoms with E-state index in [2.05, 4.69) is 10.3 Å². The van der Waals surface area contributed by atoms with Gasteiger partial charge in [-0.2, -0.15) is 4.94 Å². The summed E-state index contributed by atoms with van der Waals surface area (Å²) >= 11 is 0. The molecule has 146 valence electrons. The maximum Gasteiger partial charge on any atom is 0.242 e. The van der Waals surface area contributed by atoms with E-state index in [1.165, 1.54) is 0 Å². The quantitative estimate of drug-likeness (QED) is 0.513. The lowest BCUT2D eigenvalue weighted by Gasteiger charge is -2.24. The van der Waals surface area contributed by atoms with Gasteiger partial charge in [0.15, 0.2) is 0 Å². The Kier molecular flexibility index (Phi) is 11.4. The van der Waals surface area contributed by atoms with Gasteiger partial charge in [0.2, 0.25) is 11.8 Å². The molecule has 1 unspecified atom stereocenters. The van der Waals surface area contributed by atoms with Crippen LogP contribution < -0.4 is 5.32 Å². The lowest BCUT2D eigenvalue weighted by atomic mass is 10.1. The fourth-order valence-corrected chi connectivity index (χ4v) is 2.97. The molecule has 0 aromatic carbocycles. The van der Waals surface area contributed by atoms with Crippen LogP contribution in [-0.4, -0.2) is 55.2 Å². The molecule has 1 atom stereocenters. The van der Waals surface area contributed by atoms with Gasteiger partial charge in [0, 0.05) is 26.1 Å². The Balaban J connectivity index is 2.21. The minimum Gasteiger partial charge on any atom is -0.379 e. The van der Waals surface area contributed by atoms with Crippen LogP contribution in [0.3, 0.4) is 0 Å². The van der Waals surface area contributed by atoms with E-state index in [1.54, 1.807) is 4.90 Å². The molecule has 2 amide bonds. The molecule has 0 aromatic heterocycles. The molecule has 7 heteroatoms. The minimum atomic E-state index is -0.353. The van der Waals surface area contributed by atoms with Gasteiger partial charge in [-0.3, -0.25) is 9.59 Å². The summed E-state index contributed by atoms with van der Waals surface area (Å²) in [7, 11) is 0. The van der Waals surface area contributed by atoms with Crippen LogP contribution in [0.4, 0.5) is 4.53 Å². The summed E-state index contributed by atoms with van der Waals surface area (Å²) in [4.78, 5) is 29.8. The number of hydrogen-bond acceptors (Lipinski definition) is 4. The van der Waals surface area contributed by atoms with E-state index in [4.69, 9.17) is 4.74 Å². The second-order valence-corrected chi connectivity index (χ2v) is 6.79. The maximum atomic E-state index is 12.4. The molecular formula is C18H33FN2O4. The second-order valence-electron chi connectivity index (χ2n) is 6.79. The lowest BCUT2D eigenvalue weighted by molar-refractivity contribution is -0.138. The minimum absolute atomic E-state index is 0.0477. The molecule has 1 aliphatic heterocycles. The topological polar surface area (TPSA) is 67.9 Å². The molecule has 1 aliphatic rings. The zero-order chi connectivity index (χ0) is 18.5. The van der Waals surface area contributed by atoms with Crippen molar-refractivity contribution in [3.05, 3.63) is 0 Å². The molecule has 6 nitrogen and oxygen atoms in total. The molecule has 1 fully saturated rings. The molecule has 25 heavy (non-hydrogen) atoms. The number of likely N-dealkylation sites (tertiary alicyclic amines) is 1. The van der Waals surface area contributed by atoms with E-state index in [0.717, 1.165) is 32.3 Å². The van der Waals surface area contributed by atoms with Gasteiger partial charge in [-0.15, -0.1) is 0 Å². The fraction of sp³-hybridized carbons (Fsp3) is 0.889. The summed E-state index contributed by atoms with van der Waals surface area (Å²) in [6.07, 6.45) is 6.27. The third-order valence-corrected chi connectivity index (χ3v) is 4.31. The molecular weight excluding hydrogens is 327 g/mol. The second kappa shape index (κ2) is 13.1. The zero-order valence-corrected chi connectivity index (χ0v) is 15.6. The SMILES string of the molecule is CC(C)OCCCCCC(=O)N1CCCC1C(=O)NCCCCOF. The van der Waals surface area contributed by atoms with Gasteiger partial charge in [-0.25, -0.2) is 0 Å². The lowest BCUT2D eigenvalue weighted by Crippen LogP contribution is -2.46. The molecule has 0 aliphatic carbocycles. The van der Waals surface area contributed by atoms with Crippen molar-refractivity contribution in [1.82, 2.24) is 10.2 Å². The molecule has 0 saturated carbocycles. The summed E-state index contributed by atoms with van der Waals surface area (Å²) in [5, 5.41) is 2.84. The summed E-state index contributed by atoms with van der Waals surface area (Å²) < 4.78 is 17.0. The molecule has 0 spiro atoms. The average Bonchev–Trinajstić information content (AvgIpc) is 3.07. The third kappa shape index (κ3) is 9.16. The van der Waals surface area contributed by atoms with Crippen molar-refractivity contribution in [2.75, 3.05) is 26.3 Å². The Morgan fingerprint density at radius 3 is 2.64 bits per heavy atom. The summed E-state index contributed by atoms with van der Waals surface area (Å²) in [6.45, 7) is 5.94. The molecule has 0 bridgehead atoms. The van der Waals surface area contributed by atoms with Crippen molar-refractivity contribution in [2.45, 2.75) is 77.4 Å². The first-order valence-electron chi connectivity index (χ1n) is 9.48. The van der Waals surface area contributed by atoms with Crippen LogP contribution in [0.5, 0.6) is 0 Å². The number of nitrogens with zero attached hydrogens (tertiary/aromatic N) is 1. The Hall–Kier alpha value is -1.21. The Morgan fingerprint density at radius 1 is 1.16 bits per heavy atom. The molecule has 1 rings (SSSR count). The van der Waals surface area contributed by atoms with Gasteiger partial charge in [-0.05, 0) is 56.9 Å². The smallest absolute Gasteiger partial charge is 0.242 e. The van der Waals surface area contributed by atoms with Crippen LogP contribution in [0.1, 0.15) is 65.2 Å². The van der Waals surface area contributed by atoms with Crippen LogP contribution in [0.15, 0.2) is 0 Å². The predicted molar refractivity (Wildman–Crippen MR) is 93.6 cm³/mol. The van der Waals surface area contributed by atoms with E-state index in [0.29, 0.717) is 38.8 Å². The number of ether oxygens (including phenoxy) is 1. The van der Waals surface area contributed by atoms with Gasteiger partial charge < -0.3 is 15.0 Å². The Labute approximate surface area is 150 Å². The predicted octanol–water partition coefficient (Wildman–Crippen LogP) is 2.76. The standard InChI is InChI=1S/C18H33FN2O4/c1-15(2)24-13-6-3-4-10-17(22)21-12-8-9-16(21)18(23)20-11-5-7-14-25-19/h15-16H,3-14H2,1-2H3,(H,20,23). The first kappa shape index (κ1) is 21.8. The number of halogens is 1. The number of amides is 2. The van der Waals surface area contributed by atoms with E-state index in [9.17, 15) is 14.1 Å². The van der Waals surface area contributed by atoms with Gasteiger partial charge in [0.25, 0.3) is 0 Å². The van der Waals surface area contributed by atoms with Gasteiger partial charge in [0.05, 0.1) is 12.7 Å². The van der Waals surface area contributed by atoms with E-state index in [-0.39, 0.29) is 30.6 Å². The summed E-state index contributed by atoms with van der Waals surface area (Å²) in [5.74, 6) is -0.0365. The van der Waals surface area contributed by atoms with E-state index < -0.39 is 0 Å². The summed E-state index contributed by atoms with van der Waals surface area (Å²) in [5.41, 5.74) is 0. The number of rotatable bonds is 13. The number of unbranched alkanes of at least 4 members (excludes halogenated alkanes) is 3. The van der Waals surface area contributed by atoms with Gasteiger partial charge in [-0.1, -0.05) is 6.42 Å². The summed E-state index contributed by atoms with van der Waals surface area (Å²) in [6, 6.07) is -0.353. The Bertz CT molecular complexity index is 393. The van der Waals surface area contributed by atoms with Crippen LogP contribution in [0, 0.1) is 0 Å². The van der Waals surface area contributed by atoms with Crippen LogP contribution in [-0.2, 0) is 19.3 Å². The van der Waals surface area contributed by atoms with Crippen molar-refractivity contribution in [3.63, 3.8) is 0 Å². The van der Waals surface area contributed by atoms with Gasteiger partial charge >= 0.3 is 0 Å². The molecule has 1 N–H and O–H groups in total. The molecule has 0 aromatic rings. The van der Waals surface area contributed by atoms with E-state index in [1.807, 2.05) is 13.8 Å². The number of hydrogen-bond donors (Lipinski definition) is 1. The number of nitrogens with one attached hydrogen (secondary N) is 1. The first-order valence-corrected chi connectivity index (χ1v) is 9.48. The molecule has 0 radical (unpaired) electrons. The largest absolute Gasteiger partial charge is 0.379 e. The zero-order valence-electron chi connectivity index (χ0n) is 15.6. The van der Waals surface area contributed by atoms with E-state index >= 15 is 0 Å². The highest BCUT2D eigenvalue weighted by atomic mass is 19.3. The highest BCUT2D eigenvalue weighted by Crippen LogP contribution is 2.19. The highest BCUT2D eigenvalue weighted by molar-refractivity contribution is 5.88.